The zero-order valence-corrected chi connectivity index (χ0v) is 12.5. The Labute approximate surface area is 131 Å². The predicted octanol–water partition coefficient (Wildman–Crippen LogP) is 3.55. The van der Waals surface area contributed by atoms with Crippen LogP contribution in [-0.2, 0) is 4.79 Å². The van der Waals surface area contributed by atoms with Gasteiger partial charge >= 0.3 is 5.91 Å². The van der Waals surface area contributed by atoms with E-state index in [-0.39, 0.29) is 17.0 Å². The normalized spacial score (nSPS) is 14.5. The Balaban J connectivity index is 2.22. The molecule has 23 heavy (non-hydrogen) atoms. The molecule has 0 heterocycles. The van der Waals surface area contributed by atoms with E-state index in [0.29, 0.717) is 16.7 Å². The minimum atomic E-state index is -0.803. The Bertz CT molecular complexity index is 792. The lowest BCUT2D eigenvalue weighted by Crippen LogP contribution is -2.05. The molecule has 0 atom stereocenters. The van der Waals surface area contributed by atoms with Crippen LogP contribution in [0, 0.1) is 10.1 Å². The standard InChI is InChI=1S/C16H13N3O4/c1-10-7-12(8-11(2)15(10)20)9-17-18-16(21)13-5-3-4-6-14(13)19(22)23/h3-9H,1-2H3. The number of nitrogens with zero attached hydrogens (tertiary/aromatic N) is 3. The van der Waals surface area contributed by atoms with Gasteiger partial charge in [0.1, 0.15) is 5.56 Å². The fraction of sp³-hybridized carbons (Fsp3) is 0.125. The second-order valence-electron chi connectivity index (χ2n) is 4.91. The van der Waals surface area contributed by atoms with Crippen molar-refractivity contribution < 1.29 is 14.5 Å². The maximum absolute atomic E-state index is 11.9. The smallest absolute Gasteiger partial charge is 0.289 e. The Hall–Kier alpha value is -3.22. The van der Waals surface area contributed by atoms with Gasteiger partial charge in [0.25, 0.3) is 5.69 Å². The fourth-order valence-electron chi connectivity index (χ4n) is 2.07. The number of allylic oxidation sites excluding steroid dienone is 5. The Morgan fingerprint density at radius 3 is 2.39 bits per heavy atom. The van der Waals surface area contributed by atoms with Gasteiger partial charge in [0.15, 0.2) is 5.78 Å². The summed E-state index contributed by atoms with van der Waals surface area (Å²) in [5, 5.41) is 18.0. The van der Waals surface area contributed by atoms with Crippen LogP contribution in [0.2, 0.25) is 0 Å². The molecule has 116 valence electrons. The molecule has 1 aromatic carbocycles. The SMILES string of the molecule is CC1=CC(=CN=NC(=O)c2ccccc2[N+](=O)[O-])C=C(C)C1=O. The second-order valence-corrected chi connectivity index (χ2v) is 4.91. The summed E-state index contributed by atoms with van der Waals surface area (Å²) in [6.45, 7) is 3.37. The van der Waals surface area contributed by atoms with E-state index in [2.05, 4.69) is 10.2 Å². The Kier molecular flexibility index (Phi) is 4.70. The van der Waals surface area contributed by atoms with Crippen LogP contribution < -0.4 is 0 Å². The van der Waals surface area contributed by atoms with Crippen molar-refractivity contribution in [1.82, 2.24) is 0 Å². The number of ketones is 1. The van der Waals surface area contributed by atoms with Crippen LogP contribution in [0.3, 0.4) is 0 Å². The molecule has 0 bridgehead atoms. The average Bonchev–Trinajstić information content (AvgIpc) is 2.52. The number of nitro benzene ring substituents is 1. The van der Waals surface area contributed by atoms with E-state index in [1.54, 1.807) is 26.0 Å². The predicted molar refractivity (Wildman–Crippen MR) is 82.9 cm³/mol. The first-order valence-corrected chi connectivity index (χ1v) is 6.70. The number of benzene rings is 1. The van der Waals surface area contributed by atoms with Crippen molar-refractivity contribution in [2.45, 2.75) is 13.8 Å². The highest BCUT2D eigenvalue weighted by Crippen LogP contribution is 2.20. The van der Waals surface area contributed by atoms with Gasteiger partial charge in [-0.1, -0.05) is 12.1 Å². The zero-order valence-electron chi connectivity index (χ0n) is 12.5. The number of carbonyl (C=O) groups excluding carboxylic acids is 2. The van der Waals surface area contributed by atoms with Gasteiger partial charge in [-0.05, 0) is 48.8 Å². The van der Waals surface area contributed by atoms with Gasteiger partial charge in [-0.2, -0.15) is 5.11 Å². The number of amides is 1. The maximum Gasteiger partial charge on any atom is 0.302 e. The van der Waals surface area contributed by atoms with Crippen molar-refractivity contribution in [2.24, 2.45) is 10.2 Å². The monoisotopic (exact) mass is 311 g/mol. The number of para-hydroxylation sites is 1. The van der Waals surface area contributed by atoms with Gasteiger partial charge < -0.3 is 0 Å². The van der Waals surface area contributed by atoms with Crippen LogP contribution in [0.25, 0.3) is 0 Å². The van der Waals surface area contributed by atoms with Crippen molar-refractivity contribution in [1.29, 1.82) is 0 Å². The lowest BCUT2D eigenvalue weighted by molar-refractivity contribution is -0.385. The highest BCUT2D eigenvalue weighted by atomic mass is 16.6. The first-order valence-electron chi connectivity index (χ1n) is 6.70. The molecule has 0 saturated heterocycles. The third-order valence-electron chi connectivity index (χ3n) is 3.17. The van der Waals surface area contributed by atoms with Crippen molar-refractivity contribution in [3.63, 3.8) is 0 Å². The molecule has 0 saturated carbocycles. The molecule has 7 nitrogen and oxygen atoms in total. The summed E-state index contributed by atoms with van der Waals surface area (Å²) in [5.74, 6) is -0.850. The summed E-state index contributed by atoms with van der Waals surface area (Å²) in [6, 6.07) is 5.53. The number of hydrogen-bond acceptors (Lipinski definition) is 5. The first-order chi connectivity index (χ1) is 10.9. The van der Waals surface area contributed by atoms with Gasteiger partial charge in [-0.15, -0.1) is 5.11 Å². The number of nitro groups is 1. The van der Waals surface area contributed by atoms with Crippen molar-refractivity contribution in [3.05, 3.63) is 75.0 Å². The second kappa shape index (κ2) is 6.69. The molecule has 0 radical (unpaired) electrons. The number of carbonyl (C=O) groups is 2. The fourth-order valence-corrected chi connectivity index (χ4v) is 2.07. The van der Waals surface area contributed by atoms with Gasteiger partial charge in [-0.25, -0.2) is 0 Å². The lowest BCUT2D eigenvalue weighted by atomic mass is 9.96. The molecule has 1 aliphatic carbocycles. The molecule has 1 aromatic rings. The highest BCUT2D eigenvalue weighted by Gasteiger charge is 2.18. The molecule has 0 aliphatic heterocycles. The quantitative estimate of drug-likeness (QED) is 0.484. The highest BCUT2D eigenvalue weighted by molar-refractivity contribution is 6.09. The number of azo groups is 1. The summed E-state index contributed by atoms with van der Waals surface area (Å²) in [5.41, 5.74) is 1.31. The summed E-state index contributed by atoms with van der Waals surface area (Å²) >= 11 is 0. The lowest BCUT2D eigenvalue weighted by Gasteiger charge is -2.07. The van der Waals surface area contributed by atoms with Gasteiger partial charge in [0, 0.05) is 6.07 Å². The molecular weight excluding hydrogens is 298 g/mol. The molecule has 2 rings (SSSR count). The van der Waals surface area contributed by atoms with Crippen molar-refractivity contribution >= 4 is 17.4 Å². The van der Waals surface area contributed by atoms with Crippen LogP contribution in [0.5, 0.6) is 0 Å². The van der Waals surface area contributed by atoms with Crippen LogP contribution in [0.4, 0.5) is 5.69 Å². The minimum Gasteiger partial charge on any atom is -0.289 e. The van der Waals surface area contributed by atoms with E-state index < -0.39 is 10.8 Å². The molecule has 1 aliphatic rings. The van der Waals surface area contributed by atoms with Crippen molar-refractivity contribution in [2.75, 3.05) is 0 Å². The molecular formula is C16H13N3O4. The molecule has 0 unspecified atom stereocenters. The average molecular weight is 311 g/mol. The van der Waals surface area contributed by atoms with Gasteiger partial charge in [0.05, 0.1) is 11.1 Å². The summed E-state index contributed by atoms with van der Waals surface area (Å²) in [6.07, 6.45) is 4.58. The molecule has 1 amide bonds. The zero-order chi connectivity index (χ0) is 17.0. The molecule has 0 N–H and O–H groups in total. The topological polar surface area (TPSA) is 102 Å². The van der Waals surface area contributed by atoms with Crippen molar-refractivity contribution in [3.8, 4) is 0 Å². The van der Waals surface area contributed by atoms with Crippen LogP contribution >= 0.6 is 0 Å². The van der Waals surface area contributed by atoms with E-state index in [1.165, 1.54) is 30.5 Å². The molecule has 7 heteroatoms. The number of Topliss-reactive ketones (excluding diaryl/α,β-unsaturated/α-hetero) is 1. The van der Waals surface area contributed by atoms with Crippen LogP contribution in [-0.4, -0.2) is 16.6 Å². The van der Waals surface area contributed by atoms with E-state index >= 15 is 0 Å². The first kappa shape index (κ1) is 16.2. The third kappa shape index (κ3) is 3.70. The summed E-state index contributed by atoms with van der Waals surface area (Å²) < 4.78 is 0. The maximum atomic E-state index is 11.9. The Morgan fingerprint density at radius 2 is 1.78 bits per heavy atom. The summed E-state index contributed by atoms with van der Waals surface area (Å²) in [4.78, 5) is 33.7. The molecule has 0 aromatic heterocycles. The van der Waals surface area contributed by atoms with Crippen LogP contribution in [0.15, 0.2) is 69.6 Å². The molecule has 0 spiro atoms. The third-order valence-corrected chi connectivity index (χ3v) is 3.17. The van der Waals surface area contributed by atoms with E-state index in [0.717, 1.165) is 0 Å². The van der Waals surface area contributed by atoms with Crippen LogP contribution in [0.1, 0.15) is 24.2 Å². The van der Waals surface area contributed by atoms with E-state index in [4.69, 9.17) is 0 Å². The molecule has 0 fully saturated rings. The largest absolute Gasteiger partial charge is 0.302 e. The summed E-state index contributed by atoms with van der Waals surface area (Å²) in [7, 11) is 0. The Morgan fingerprint density at radius 1 is 1.17 bits per heavy atom. The number of hydrogen-bond donors (Lipinski definition) is 0. The minimum absolute atomic E-state index is 0.0462. The van der Waals surface area contributed by atoms with E-state index in [9.17, 15) is 19.7 Å². The van der Waals surface area contributed by atoms with E-state index in [1.807, 2.05) is 0 Å². The van der Waals surface area contributed by atoms with Gasteiger partial charge in [-0.3, -0.25) is 19.7 Å². The number of rotatable bonds is 3. The van der Waals surface area contributed by atoms with Gasteiger partial charge in [0.2, 0.25) is 0 Å².